The lowest BCUT2D eigenvalue weighted by atomic mass is 9.48. The molecule has 1 unspecified atom stereocenters. The second kappa shape index (κ2) is 8.65. The van der Waals surface area contributed by atoms with Gasteiger partial charge in [0.15, 0.2) is 0 Å². The van der Waals surface area contributed by atoms with Crippen LogP contribution >= 0.6 is 0 Å². The third-order valence-corrected chi connectivity index (χ3v) is 9.78. The van der Waals surface area contributed by atoms with Crippen molar-refractivity contribution in [3.63, 3.8) is 0 Å². The van der Waals surface area contributed by atoms with E-state index in [2.05, 4.69) is 18.3 Å². The summed E-state index contributed by atoms with van der Waals surface area (Å²) in [5.41, 5.74) is 0.850. The number of halogens is 5. The number of allylic oxidation sites excluding steroid dienone is 3. The van der Waals surface area contributed by atoms with Crippen LogP contribution in [-0.4, -0.2) is 40.9 Å². The van der Waals surface area contributed by atoms with E-state index in [1.54, 1.807) is 6.08 Å². The molecule has 2 N–H and O–H groups in total. The Morgan fingerprint density at radius 1 is 1.06 bits per heavy atom. The topological polar surface area (TPSA) is 83.5 Å². The number of ketones is 1. The number of hydrogen-bond acceptors (Lipinski definition) is 3. The zero-order valence-electron chi connectivity index (χ0n) is 20.6. The minimum absolute atomic E-state index is 0.159. The fourth-order valence-electron chi connectivity index (χ4n) is 7.72. The van der Waals surface area contributed by atoms with Gasteiger partial charge in [-0.05, 0) is 92.1 Å². The number of carboxylic acid groups (broad SMARTS) is 1. The highest BCUT2D eigenvalue weighted by atomic mass is 19.4. The Morgan fingerprint density at radius 3 is 2.33 bits per heavy atom. The van der Waals surface area contributed by atoms with Crippen molar-refractivity contribution in [3.8, 4) is 0 Å². The van der Waals surface area contributed by atoms with Gasteiger partial charge < -0.3 is 10.4 Å². The number of alkyl halides is 5. The fourth-order valence-corrected chi connectivity index (χ4v) is 7.72. The monoisotopic (exact) mass is 517 g/mol. The van der Waals surface area contributed by atoms with E-state index in [1.165, 1.54) is 0 Å². The second-order valence-electron chi connectivity index (χ2n) is 11.5. The minimum atomic E-state index is -6.02. The van der Waals surface area contributed by atoms with E-state index in [0.717, 1.165) is 38.2 Å². The van der Waals surface area contributed by atoms with Crippen LogP contribution in [0.4, 0.5) is 22.0 Å². The van der Waals surface area contributed by atoms with Crippen molar-refractivity contribution in [1.82, 2.24) is 5.32 Å². The van der Waals surface area contributed by atoms with Gasteiger partial charge in [-0.25, -0.2) is 4.79 Å². The molecule has 4 rings (SSSR count). The number of fused-ring (bicyclic) bond motifs is 5. The molecule has 1 amide bonds. The molecule has 0 bridgehead atoms. The van der Waals surface area contributed by atoms with Crippen molar-refractivity contribution in [2.75, 3.05) is 0 Å². The summed E-state index contributed by atoms with van der Waals surface area (Å²) in [6.07, 6.45) is 2.58. The lowest BCUT2D eigenvalue weighted by Crippen LogP contribution is -2.55. The molecule has 0 aromatic heterocycles. The summed E-state index contributed by atoms with van der Waals surface area (Å²) in [6.45, 7) is 5.04. The molecule has 0 aromatic carbocycles. The first-order valence-corrected chi connectivity index (χ1v) is 12.5. The maximum atomic E-state index is 13.5. The number of aliphatic carboxylic acids is 1. The maximum Gasteiger partial charge on any atom is 0.461 e. The van der Waals surface area contributed by atoms with Crippen LogP contribution < -0.4 is 5.32 Å². The van der Waals surface area contributed by atoms with E-state index in [-0.39, 0.29) is 17.3 Å². The number of amides is 1. The SMILES string of the molecule is CC(NC(=O)[C@H]1CC[C@H]2[C@@H]3CC=C4C=C(C(=O)O)CC[C@]4(C)[C@H]3CC[C@]12C)C(=O)C(F)(F)C(F)(F)F. The molecule has 36 heavy (non-hydrogen) atoms. The Kier molecular flexibility index (Phi) is 6.44. The first-order chi connectivity index (χ1) is 16.5. The number of hydrogen-bond donors (Lipinski definition) is 2. The maximum absolute atomic E-state index is 13.5. The van der Waals surface area contributed by atoms with Gasteiger partial charge >= 0.3 is 18.1 Å². The van der Waals surface area contributed by atoms with E-state index < -0.39 is 47.1 Å². The molecule has 200 valence electrons. The normalized spacial score (nSPS) is 37.0. The molecule has 0 radical (unpaired) electrons. The summed E-state index contributed by atoms with van der Waals surface area (Å²) < 4.78 is 64.8. The van der Waals surface area contributed by atoms with E-state index in [9.17, 15) is 41.4 Å². The standard InChI is InChI=1S/C26H32F5NO4/c1-13(20(33)25(27,28)26(29,30)31)32-21(34)19-7-6-17-16-5-4-15-12-14(22(35)36)8-10-23(15,2)18(16)9-11-24(17,19)3/h4,12-13,16-19H,5-11H2,1-3H3,(H,32,34)(H,35,36)/t13?,16-,17-,18-,19+,23-,24-/m0/s1. The number of nitrogens with one attached hydrogen (secondary N) is 1. The zero-order chi connectivity index (χ0) is 26.8. The number of carboxylic acids is 1. The van der Waals surface area contributed by atoms with Crippen LogP contribution in [0.25, 0.3) is 0 Å². The van der Waals surface area contributed by atoms with Gasteiger partial charge in [-0.2, -0.15) is 22.0 Å². The Balaban J connectivity index is 1.51. The molecule has 0 spiro atoms. The third kappa shape index (κ3) is 3.99. The van der Waals surface area contributed by atoms with Crippen molar-refractivity contribution < 1.29 is 41.4 Å². The summed E-state index contributed by atoms with van der Waals surface area (Å²) in [5.74, 6) is -9.29. The summed E-state index contributed by atoms with van der Waals surface area (Å²) >= 11 is 0. The van der Waals surface area contributed by atoms with E-state index in [4.69, 9.17) is 0 Å². The highest BCUT2D eigenvalue weighted by molar-refractivity contribution is 5.94. The van der Waals surface area contributed by atoms with Gasteiger partial charge in [-0.3, -0.25) is 9.59 Å². The van der Waals surface area contributed by atoms with E-state index >= 15 is 0 Å². The Hall–Kier alpha value is -2.26. The van der Waals surface area contributed by atoms with Crippen molar-refractivity contribution in [2.45, 2.75) is 83.9 Å². The van der Waals surface area contributed by atoms with Gasteiger partial charge in [0.2, 0.25) is 11.7 Å². The predicted molar refractivity (Wildman–Crippen MR) is 120 cm³/mol. The third-order valence-electron chi connectivity index (χ3n) is 9.78. The first-order valence-electron chi connectivity index (χ1n) is 12.5. The zero-order valence-corrected chi connectivity index (χ0v) is 20.6. The molecule has 4 aliphatic rings. The Morgan fingerprint density at radius 2 is 1.72 bits per heavy atom. The molecule has 10 heteroatoms. The van der Waals surface area contributed by atoms with Crippen LogP contribution in [0.3, 0.4) is 0 Å². The molecule has 0 aliphatic heterocycles. The van der Waals surface area contributed by atoms with Crippen molar-refractivity contribution in [3.05, 3.63) is 23.3 Å². The van der Waals surface area contributed by atoms with Crippen molar-refractivity contribution >= 4 is 17.7 Å². The molecular formula is C26H32F5NO4. The second-order valence-corrected chi connectivity index (χ2v) is 11.5. The van der Waals surface area contributed by atoms with Crippen molar-refractivity contribution in [1.29, 1.82) is 0 Å². The van der Waals surface area contributed by atoms with Gasteiger partial charge in [0.05, 0.1) is 6.04 Å². The summed E-state index contributed by atoms with van der Waals surface area (Å²) in [6, 6.07) is -1.97. The molecule has 0 heterocycles. The number of carbonyl (C=O) groups excluding carboxylic acids is 2. The lowest BCUT2D eigenvalue weighted by molar-refractivity contribution is -0.269. The molecule has 7 atom stereocenters. The number of Topliss-reactive ketones (excluding diaryl/α,β-unsaturated/α-hetero) is 1. The largest absolute Gasteiger partial charge is 0.478 e. The average molecular weight is 518 g/mol. The molecule has 4 aliphatic carbocycles. The molecule has 5 nitrogen and oxygen atoms in total. The van der Waals surface area contributed by atoms with Crippen molar-refractivity contribution in [2.24, 2.45) is 34.5 Å². The predicted octanol–water partition coefficient (Wildman–Crippen LogP) is 5.46. The van der Waals surface area contributed by atoms with E-state index in [0.29, 0.717) is 30.8 Å². The van der Waals surface area contributed by atoms with Gasteiger partial charge in [0, 0.05) is 11.5 Å². The number of rotatable bonds is 5. The smallest absolute Gasteiger partial charge is 0.461 e. The lowest BCUT2D eigenvalue weighted by Gasteiger charge is -2.57. The van der Waals surface area contributed by atoms with Crippen LogP contribution in [-0.2, 0) is 14.4 Å². The van der Waals surface area contributed by atoms with Crippen LogP contribution in [0, 0.1) is 34.5 Å². The Labute approximate surface area is 206 Å². The quantitative estimate of drug-likeness (QED) is 0.475. The summed E-state index contributed by atoms with van der Waals surface area (Å²) in [4.78, 5) is 36.4. The minimum Gasteiger partial charge on any atom is -0.478 e. The van der Waals surface area contributed by atoms with Crippen LogP contribution in [0.2, 0.25) is 0 Å². The van der Waals surface area contributed by atoms with Gasteiger partial charge in [-0.1, -0.05) is 19.9 Å². The molecule has 0 saturated heterocycles. The first kappa shape index (κ1) is 26.8. The Bertz CT molecular complexity index is 1030. The molecule has 0 aromatic rings. The molecular weight excluding hydrogens is 485 g/mol. The molecule has 2 saturated carbocycles. The number of carbonyl (C=O) groups is 3. The van der Waals surface area contributed by atoms with Gasteiger partial charge in [0.25, 0.3) is 0 Å². The van der Waals surface area contributed by atoms with Gasteiger partial charge in [0.1, 0.15) is 0 Å². The van der Waals surface area contributed by atoms with Crippen LogP contribution in [0.5, 0.6) is 0 Å². The van der Waals surface area contributed by atoms with Crippen LogP contribution in [0.15, 0.2) is 23.3 Å². The van der Waals surface area contributed by atoms with Gasteiger partial charge in [-0.15, -0.1) is 0 Å². The molecule has 2 fully saturated rings. The van der Waals surface area contributed by atoms with E-state index in [1.807, 2.05) is 6.92 Å². The highest BCUT2D eigenvalue weighted by Crippen LogP contribution is 2.66. The fraction of sp³-hybridized carbons (Fsp3) is 0.731. The average Bonchev–Trinajstić information content (AvgIpc) is 3.14. The van der Waals surface area contributed by atoms with Crippen LogP contribution in [0.1, 0.15) is 65.7 Å². The highest BCUT2D eigenvalue weighted by Gasteiger charge is 2.64. The summed E-state index contributed by atoms with van der Waals surface area (Å²) in [5, 5.41) is 11.6. The summed E-state index contributed by atoms with van der Waals surface area (Å²) in [7, 11) is 0.